The molecule has 1 saturated heterocycles. The van der Waals surface area contributed by atoms with E-state index in [0.717, 1.165) is 51.9 Å². The SMILES string of the molecule is C=CCNC(=NCC(C)N1CCOCC1)NCC.I. The topological polar surface area (TPSA) is 48.9 Å². The molecule has 0 aromatic heterocycles. The van der Waals surface area contributed by atoms with Gasteiger partial charge in [0.25, 0.3) is 0 Å². The molecule has 112 valence electrons. The number of guanidine groups is 1. The van der Waals surface area contributed by atoms with Gasteiger partial charge < -0.3 is 15.4 Å². The predicted octanol–water partition coefficient (Wildman–Crippen LogP) is 1.07. The molecule has 0 radical (unpaired) electrons. The first-order chi connectivity index (χ1) is 8.77. The molecule has 0 aromatic rings. The average molecular weight is 382 g/mol. The Balaban J connectivity index is 0.00000324. The average Bonchev–Trinajstić information content (AvgIpc) is 2.42. The summed E-state index contributed by atoms with van der Waals surface area (Å²) in [5, 5.41) is 6.43. The lowest BCUT2D eigenvalue weighted by Gasteiger charge is -2.31. The second kappa shape index (κ2) is 11.5. The second-order valence-corrected chi connectivity index (χ2v) is 4.39. The van der Waals surface area contributed by atoms with Gasteiger partial charge in [0, 0.05) is 32.2 Å². The smallest absolute Gasteiger partial charge is 0.191 e. The first-order valence-electron chi connectivity index (χ1n) is 6.72. The Morgan fingerprint density at radius 3 is 2.68 bits per heavy atom. The molecule has 5 nitrogen and oxygen atoms in total. The first kappa shape index (κ1) is 18.7. The lowest BCUT2D eigenvalue weighted by molar-refractivity contribution is 0.0220. The highest BCUT2D eigenvalue weighted by Gasteiger charge is 2.16. The highest BCUT2D eigenvalue weighted by molar-refractivity contribution is 14.0. The van der Waals surface area contributed by atoms with Gasteiger partial charge in [-0.3, -0.25) is 9.89 Å². The lowest BCUT2D eigenvalue weighted by Crippen LogP contribution is -2.44. The Morgan fingerprint density at radius 2 is 2.11 bits per heavy atom. The molecule has 0 spiro atoms. The van der Waals surface area contributed by atoms with Crippen molar-refractivity contribution in [3.8, 4) is 0 Å². The molecule has 0 saturated carbocycles. The van der Waals surface area contributed by atoms with E-state index >= 15 is 0 Å². The fourth-order valence-electron chi connectivity index (χ4n) is 1.87. The summed E-state index contributed by atoms with van der Waals surface area (Å²) >= 11 is 0. The van der Waals surface area contributed by atoms with Gasteiger partial charge in [0.15, 0.2) is 5.96 Å². The monoisotopic (exact) mass is 382 g/mol. The molecule has 6 heteroatoms. The lowest BCUT2D eigenvalue weighted by atomic mass is 10.2. The third-order valence-electron chi connectivity index (χ3n) is 2.94. The Hall–Kier alpha value is -0.340. The van der Waals surface area contributed by atoms with E-state index in [1.54, 1.807) is 0 Å². The predicted molar refractivity (Wildman–Crippen MR) is 91.4 cm³/mol. The summed E-state index contributed by atoms with van der Waals surface area (Å²) < 4.78 is 5.35. The number of halogens is 1. The number of ether oxygens (including phenoxy) is 1. The van der Waals surface area contributed by atoms with Crippen molar-refractivity contribution >= 4 is 29.9 Å². The first-order valence-corrected chi connectivity index (χ1v) is 6.72. The zero-order chi connectivity index (χ0) is 13.2. The number of rotatable bonds is 6. The number of morpholine rings is 1. The van der Waals surface area contributed by atoms with Crippen LogP contribution in [0.25, 0.3) is 0 Å². The molecule has 1 heterocycles. The van der Waals surface area contributed by atoms with Gasteiger partial charge >= 0.3 is 0 Å². The summed E-state index contributed by atoms with van der Waals surface area (Å²) in [5.74, 6) is 0.859. The third kappa shape index (κ3) is 7.74. The van der Waals surface area contributed by atoms with Crippen LogP contribution >= 0.6 is 24.0 Å². The van der Waals surface area contributed by atoms with Crippen molar-refractivity contribution in [2.75, 3.05) is 45.9 Å². The Labute approximate surface area is 133 Å². The van der Waals surface area contributed by atoms with Gasteiger partial charge in [-0.25, -0.2) is 0 Å². The highest BCUT2D eigenvalue weighted by atomic mass is 127. The van der Waals surface area contributed by atoms with Crippen molar-refractivity contribution in [2.24, 2.45) is 4.99 Å². The van der Waals surface area contributed by atoms with Crippen LogP contribution in [0.15, 0.2) is 17.6 Å². The van der Waals surface area contributed by atoms with E-state index < -0.39 is 0 Å². The summed E-state index contributed by atoms with van der Waals surface area (Å²) in [4.78, 5) is 7.01. The maximum atomic E-state index is 5.35. The van der Waals surface area contributed by atoms with Crippen LogP contribution in [0.5, 0.6) is 0 Å². The number of nitrogens with one attached hydrogen (secondary N) is 2. The van der Waals surface area contributed by atoms with Gasteiger partial charge in [0.2, 0.25) is 0 Å². The van der Waals surface area contributed by atoms with Crippen molar-refractivity contribution in [3.05, 3.63) is 12.7 Å². The Kier molecular flexibility index (Phi) is 11.3. The van der Waals surface area contributed by atoms with E-state index in [1.807, 2.05) is 6.08 Å². The van der Waals surface area contributed by atoms with Gasteiger partial charge in [-0.15, -0.1) is 30.6 Å². The summed E-state index contributed by atoms with van der Waals surface area (Å²) in [6, 6.07) is 0.452. The van der Waals surface area contributed by atoms with Crippen LogP contribution in [0.3, 0.4) is 0 Å². The van der Waals surface area contributed by atoms with Crippen LogP contribution in [-0.2, 0) is 4.74 Å². The Bertz CT molecular complexity index is 267. The molecule has 0 aliphatic carbocycles. The van der Waals surface area contributed by atoms with Crippen molar-refractivity contribution < 1.29 is 4.74 Å². The van der Waals surface area contributed by atoms with E-state index in [4.69, 9.17) is 4.74 Å². The minimum atomic E-state index is 0. The fraction of sp³-hybridized carbons (Fsp3) is 0.769. The maximum absolute atomic E-state index is 5.35. The van der Waals surface area contributed by atoms with E-state index in [-0.39, 0.29) is 24.0 Å². The van der Waals surface area contributed by atoms with E-state index in [2.05, 4.69) is 41.0 Å². The van der Waals surface area contributed by atoms with Gasteiger partial charge in [0.05, 0.1) is 19.8 Å². The number of hydrogen-bond acceptors (Lipinski definition) is 3. The molecule has 2 N–H and O–H groups in total. The van der Waals surface area contributed by atoms with Crippen LogP contribution in [0.4, 0.5) is 0 Å². The molecule has 1 aliphatic rings. The summed E-state index contributed by atoms with van der Waals surface area (Å²) in [5.41, 5.74) is 0. The molecule has 1 aliphatic heterocycles. The molecule has 0 bridgehead atoms. The van der Waals surface area contributed by atoms with Gasteiger partial charge in [-0.2, -0.15) is 0 Å². The molecular weight excluding hydrogens is 355 g/mol. The molecule has 1 rings (SSSR count). The zero-order valence-corrected chi connectivity index (χ0v) is 14.4. The zero-order valence-electron chi connectivity index (χ0n) is 12.0. The Morgan fingerprint density at radius 1 is 1.42 bits per heavy atom. The molecule has 1 fully saturated rings. The van der Waals surface area contributed by atoms with Crippen LogP contribution in [0, 0.1) is 0 Å². The molecular formula is C13H27IN4O. The molecule has 19 heavy (non-hydrogen) atoms. The number of hydrogen-bond donors (Lipinski definition) is 2. The van der Waals surface area contributed by atoms with Crippen molar-refractivity contribution in [1.29, 1.82) is 0 Å². The van der Waals surface area contributed by atoms with Gasteiger partial charge in [-0.05, 0) is 13.8 Å². The quantitative estimate of drug-likeness (QED) is 0.312. The summed E-state index contributed by atoms with van der Waals surface area (Å²) in [6.07, 6.45) is 1.83. The van der Waals surface area contributed by atoms with Crippen LogP contribution in [-0.4, -0.2) is 62.8 Å². The van der Waals surface area contributed by atoms with E-state index in [0.29, 0.717) is 6.04 Å². The van der Waals surface area contributed by atoms with Crippen LogP contribution in [0.2, 0.25) is 0 Å². The largest absolute Gasteiger partial charge is 0.379 e. The van der Waals surface area contributed by atoms with Crippen molar-refractivity contribution in [1.82, 2.24) is 15.5 Å². The maximum Gasteiger partial charge on any atom is 0.191 e. The number of nitrogens with zero attached hydrogens (tertiary/aromatic N) is 2. The molecule has 0 aromatic carbocycles. The standard InChI is InChI=1S/C13H26N4O.HI/c1-4-6-15-13(14-5-2)16-11-12(3)17-7-9-18-10-8-17;/h4,12H,1,5-11H2,2-3H3,(H2,14,15,16);1H. The second-order valence-electron chi connectivity index (χ2n) is 4.39. The van der Waals surface area contributed by atoms with Crippen molar-refractivity contribution in [3.63, 3.8) is 0 Å². The van der Waals surface area contributed by atoms with Gasteiger partial charge in [0.1, 0.15) is 0 Å². The third-order valence-corrected chi connectivity index (χ3v) is 2.94. The fourth-order valence-corrected chi connectivity index (χ4v) is 1.87. The normalized spacial score (nSPS) is 18.3. The van der Waals surface area contributed by atoms with E-state index in [1.165, 1.54) is 0 Å². The van der Waals surface area contributed by atoms with Crippen LogP contribution < -0.4 is 10.6 Å². The molecule has 1 atom stereocenters. The summed E-state index contributed by atoms with van der Waals surface area (Å²) in [6.45, 7) is 14.1. The van der Waals surface area contributed by atoms with Crippen molar-refractivity contribution in [2.45, 2.75) is 19.9 Å². The minimum absolute atomic E-state index is 0. The van der Waals surface area contributed by atoms with Crippen LogP contribution in [0.1, 0.15) is 13.8 Å². The molecule has 0 amide bonds. The molecule has 1 unspecified atom stereocenters. The van der Waals surface area contributed by atoms with Gasteiger partial charge in [-0.1, -0.05) is 6.08 Å². The minimum Gasteiger partial charge on any atom is -0.379 e. The van der Waals surface area contributed by atoms with E-state index in [9.17, 15) is 0 Å². The highest BCUT2D eigenvalue weighted by Crippen LogP contribution is 2.03. The summed E-state index contributed by atoms with van der Waals surface area (Å²) in [7, 11) is 0. The number of aliphatic imine (C=N–C) groups is 1.